The molecular weight excluding hydrogens is 377 g/mol. The minimum Gasteiger partial charge on any atom is -0.356 e. The molecule has 0 unspecified atom stereocenters. The normalized spacial score (nSPS) is 24.4. The molecule has 3 N–H and O–H groups in total. The summed E-state index contributed by atoms with van der Waals surface area (Å²) in [5, 5.41) is 5.30. The SMILES string of the molecule is Cl.Cl.N[C@@H]1CCC[C@H]1CC(=O)NCC1CCN(Cc2cccs2)CC1. The van der Waals surface area contributed by atoms with Crippen molar-refractivity contribution < 1.29 is 4.79 Å². The van der Waals surface area contributed by atoms with E-state index in [0.717, 1.165) is 39.0 Å². The molecule has 2 fully saturated rings. The van der Waals surface area contributed by atoms with Crippen LogP contribution in [0.15, 0.2) is 17.5 Å². The van der Waals surface area contributed by atoms with Crippen molar-refractivity contribution in [2.75, 3.05) is 19.6 Å². The number of piperidine rings is 1. The molecule has 1 aromatic rings. The molecule has 1 aromatic heterocycles. The highest BCUT2D eigenvalue weighted by molar-refractivity contribution is 7.09. The van der Waals surface area contributed by atoms with Crippen LogP contribution in [0.1, 0.15) is 43.4 Å². The van der Waals surface area contributed by atoms with E-state index in [1.54, 1.807) is 0 Å². The van der Waals surface area contributed by atoms with Crippen LogP contribution in [0.25, 0.3) is 0 Å². The summed E-state index contributed by atoms with van der Waals surface area (Å²) in [5.41, 5.74) is 6.05. The zero-order valence-corrected chi connectivity index (χ0v) is 17.1. The number of amides is 1. The van der Waals surface area contributed by atoms with Gasteiger partial charge in [-0.3, -0.25) is 9.69 Å². The van der Waals surface area contributed by atoms with Crippen LogP contribution in [0, 0.1) is 11.8 Å². The first-order valence-electron chi connectivity index (χ1n) is 8.97. The number of carbonyl (C=O) groups excluding carboxylic acids is 1. The van der Waals surface area contributed by atoms with Gasteiger partial charge < -0.3 is 11.1 Å². The number of rotatable bonds is 6. The minimum atomic E-state index is 0. The second-order valence-electron chi connectivity index (χ2n) is 7.16. The van der Waals surface area contributed by atoms with Gasteiger partial charge in [0.1, 0.15) is 0 Å². The Morgan fingerprint density at radius 3 is 2.60 bits per heavy atom. The van der Waals surface area contributed by atoms with Crippen molar-refractivity contribution in [1.82, 2.24) is 10.2 Å². The van der Waals surface area contributed by atoms with E-state index in [2.05, 4.69) is 27.7 Å². The van der Waals surface area contributed by atoms with Crippen molar-refractivity contribution in [3.05, 3.63) is 22.4 Å². The first kappa shape index (κ1) is 22.7. The van der Waals surface area contributed by atoms with Gasteiger partial charge in [0.05, 0.1) is 0 Å². The van der Waals surface area contributed by atoms with Crippen molar-refractivity contribution >= 4 is 42.1 Å². The molecule has 4 nitrogen and oxygen atoms in total. The molecule has 0 aromatic carbocycles. The minimum absolute atomic E-state index is 0. The Kier molecular flexibility index (Phi) is 10.4. The quantitative estimate of drug-likeness (QED) is 0.758. The Morgan fingerprint density at radius 1 is 1.24 bits per heavy atom. The molecule has 2 atom stereocenters. The van der Waals surface area contributed by atoms with Gasteiger partial charge in [0.2, 0.25) is 5.91 Å². The molecule has 1 aliphatic heterocycles. The van der Waals surface area contributed by atoms with E-state index in [0.29, 0.717) is 18.3 Å². The number of nitrogens with one attached hydrogen (secondary N) is 1. The maximum atomic E-state index is 12.1. The van der Waals surface area contributed by atoms with Crippen LogP contribution in [-0.4, -0.2) is 36.5 Å². The number of halogens is 2. The number of nitrogens with two attached hydrogens (primary N) is 1. The summed E-state index contributed by atoms with van der Waals surface area (Å²) in [5.74, 6) is 1.24. The molecule has 7 heteroatoms. The van der Waals surface area contributed by atoms with Gasteiger partial charge in [0, 0.05) is 30.4 Å². The van der Waals surface area contributed by atoms with E-state index in [-0.39, 0.29) is 36.8 Å². The highest BCUT2D eigenvalue weighted by Gasteiger charge is 2.26. The lowest BCUT2D eigenvalue weighted by Gasteiger charge is -2.31. The Bertz CT molecular complexity index is 493. The number of nitrogens with zero attached hydrogens (tertiary/aromatic N) is 1. The average molecular weight is 408 g/mol. The molecule has 1 saturated heterocycles. The Morgan fingerprint density at radius 2 is 2.00 bits per heavy atom. The summed E-state index contributed by atoms with van der Waals surface area (Å²) < 4.78 is 0. The van der Waals surface area contributed by atoms with Crippen LogP contribution < -0.4 is 11.1 Å². The third kappa shape index (κ3) is 7.06. The van der Waals surface area contributed by atoms with E-state index < -0.39 is 0 Å². The second-order valence-corrected chi connectivity index (χ2v) is 8.19. The van der Waals surface area contributed by atoms with Crippen molar-refractivity contribution in [2.45, 2.75) is 51.1 Å². The molecule has 3 rings (SSSR count). The smallest absolute Gasteiger partial charge is 0.220 e. The van der Waals surface area contributed by atoms with Crippen LogP contribution in [0.2, 0.25) is 0 Å². The van der Waals surface area contributed by atoms with Gasteiger partial charge in [-0.05, 0) is 62.1 Å². The van der Waals surface area contributed by atoms with Gasteiger partial charge in [-0.15, -0.1) is 36.2 Å². The number of thiophene rings is 1. The molecule has 0 spiro atoms. The van der Waals surface area contributed by atoms with Crippen LogP contribution in [0.3, 0.4) is 0 Å². The number of likely N-dealkylation sites (tertiary alicyclic amines) is 1. The van der Waals surface area contributed by atoms with Gasteiger partial charge in [-0.25, -0.2) is 0 Å². The average Bonchev–Trinajstić information content (AvgIpc) is 3.19. The maximum Gasteiger partial charge on any atom is 0.220 e. The fourth-order valence-corrected chi connectivity index (χ4v) is 4.61. The van der Waals surface area contributed by atoms with Crippen molar-refractivity contribution in [3.63, 3.8) is 0 Å². The van der Waals surface area contributed by atoms with E-state index in [1.165, 1.54) is 24.1 Å². The topological polar surface area (TPSA) is 58.4 Å². The van der Waals surface area contributed by atoms with Crippen LogP contribution in [0.4, 0.5) is 0 Å². The lowest BCUT2D eigenvalue weighted by atomic mass is 9.96. The standard InChI is InChI=1S/C18H29N3OS.2ClH/c19-17-5-1-3-15(17)11-18(22)20-12-14-6-8-21(9-7-14)13-16-4-2-10-23-16;;/h2,4,10,14-15,17H,1,3,5-9,11-13,19H2,(H,20,22);2*1H/t15-,17+;;/m0../s1. The maximum absolute atomic E-state index is 12.1. The summed E-state index contributed by atoms with van der Waals surface area (Å²) in [6, 6.07) is 4.57. The van der Waals surface area contributed by atoms with Crippen molar-refractivity contribution in [3.8, 4) is 0 Å². The van der Waals surface area contributed by atoms with E-state index in [4.69, 9.17) is 5.73 Å². The van der Waals surface area contributed by atoms with Gasteiger partial charge in [-0.1, -0.05) is 12.5 Å². The van der Waals surface area contributed by atoms with E-state index in [1.807, 2.05) is 11.3 Å². The number of hydrogen-bond acceptors (Lipinski definition) is 4. The van der Waals surface area contributed by atoms with Crippen LogP contribution >= 0.6 is 36.2 Å². The Balaban J connectivity index is 0.00000156. The molecule has 1 aliphatic carbocycles. The third-order valence-electron chi connectivity index (χ3n) is 5.42. The van der Waals surface area contributed by atoms with Crippen LogP contribution in [-0.2, 0) is 11.3 Å². The molecule has 25 heavy (non-hydrogen) atoms. The zero-order chi connectivity index (χ0) is 16.1. The van der Waals surface area contributed by atoms with Crippen molar-refractivity contribution in [1.29, 1.82) is 0 Å². The molecule has 1 saturated carbocycles. The summed E-state index contributed by atoms with van der Waals surface area (Å²) in [4.78, 5) is 16.1. The molecular formula is C18H31Cl2N3OS. The molecule has 144 valence electrons. The fraction of sp³-hybridized carbons (Fsp3) is 0.722. The molecule has 0 radical (unpaired) electrons. The van der Waals surface area contributed by atoms with Gasteiger partial charge >= 0.3 is 0 Å². The monoisotopic (exact) mass is 407 g/mol. The number of hydrogen-bond donors (Lipinski definition) is 2. The van der Waals surface area contributed by atoms with Gasteiger partial charge in [-0.2, -0.15) is 0 Å². The zero-order valence-electron chi connectivity index (χ0n) is 14.7. The Labute approximate surface area is 167 Å². The van der Waals surface area contributed by atoms with Gasteiger partial charge in [0.15, 0.2) is 0 Å². The van der Waals surface area contributed by atoms with Crippen LogP contribution in [0.5, 0.6) is 0 Å². The highest BCUT2D eigenvalue weighted by atomic mass is 35.5. The summed E-state index contributed by atoms with van der Waals surface area (Å²) in [6.07, 6.45) is 6.39. The first-order valence-corrected chi connectivity index (χ1v) is 9.85. The molecule has 0 bridgehead atoms. The summed E-state index contributed by atoms with van der Waals surface area (Å²) in [7, 11) is 0. The highest BCUT2D eigenvalue weighted by Crippen LogP contribution is 2.26. The summed E-state index contributed by atoms with van der Waals surface area (Å²) >= 11 is 1.84. The predicted molar refractivity (Wildman–Crippen MR) is 110 cm³/mol. The number of carbonyl (C=O) groups is 1. The molecule has 1 amide bonds. The fourth-order valence-electron chi connectivity index (χ4n) is 3.86. The van der Waals surface area contributed by atoms with E-state index >= 15 is 0 Å². The largest absolute Gasteiger partial charge is 0.356 e. The van der Waals surface area contributed by atoms with E-state index in [9.17, 15) is 4.79 Å². The van der Waals surface area contributed by atoms with Crippen molar-refractivity contribution in [2.24, 2.45) is 17.6 Å². The second kappa shape index (κ2) is 11.4. The summed E-state index contributed by atoms with van der Waals surface area (Å²) in [6.45, 7) is 4.21. The third-order valence-corrected chi connectivity index (χ3v) is 6.28. The lowest BCUT2D eigenvalue weighted by Crippen LogP contribution is -2.39. The Hall–Kier alpha value is -0.330. The van der Waals surface area contributed by atoms with Gasteiger partial charge in [0.25, 0.3) is 0 Å². The molecule has 2 heterocycles. The lowest BCUT2D eigenvalue weighted by molar-refractivity contribution is -0.122. The first-order chi connectivity index (χ1) is 11.2. The molecule has 2 aliphatic rings. The predicted octanol–water partition coefficient (Wildman–Crippen LogP) is 3.44.